The molecular weight excluding hydrogens is 487 g/mol. The molecular formula is C18H28F2IN3O2S. The van der Waals surface area contributed by atoms with Crippen molar-refractivity contribution < 1.29 is 18.3 Å². The lowest BCUT2D eigenvalue weighted by Crippen LogP contribution is -2.42. The Morgan fingerprint density at radius 3 is 2.74 bits per heavy atom. The number of benzene rings is 1. The van der Waals surface area contributed by atoms with Gasteiger partial charge in [-0.1, -0.05) is 0 Å². The zero-order valence-corrected chi connectivity index (χ0v) is 19.0. The van der Waals surface area contributed by atoms with E-state index in [0.717, 1.165) is 19.4 Å². The SMILES string of the molecule is CCNC(=NCc1ccc(OC)cc1OC(F)F)NC1CCC(SC)C1.I. The fourth-order valence-electron chi connectivity index (χ4n) is 2.96. The molecule has 1 aromatic carbocycles. The average molecular weight is 515 g/mol. The van der Waals surface area contributed by atoms with Crippen molar-refractivity contribution in [2.45, 2.75) is 50.6 Å². The van der Waals surface area contributed by atoms with Gasteiger partial charge in [0.15, 0.2) is 5.96 Å². The minimum absolute atomic E-state index is 0. The Morgan fingerprint density at radius 1 is 1.37 bits per heavy atom. The quantitative estimate of drug-likeness (QED) is 0.308. The molecule has 9 heteroatoms. The van der Waals surface area contributed by atoms with Crippen molar-refractivity contribution in [1.82, 2.24) is 10.6 Å². The van der Waals surface area contributed by atoms with Gasteiger partial charge < -0.3 is 20.1 Å². The molecule has 2 rings (SSSR count). The number of nitrogens with zero attached hydrogens (tertiary/aromatic N) is 1. The molecule has 1 fully saturated rings. The van der Waals surface area contributed by atoms with Crippen LogP contribution in [-0.2, 0) is 6.54 Å². The summed E-state index contributed by atoms with van der Waals surface area (Å²) in [7, 11) is 1.48. The van der Waals surface area contributed by atoms with E-state index in [0.29, 0.717) is 28.6 Å². The Kier molecular flexibility index (Phi) is 11.1. The largest absolute Gasteiger partial charge is 0.497 e. The highest BCUT2D eigenvalue weighted by atomic mass is 127. The van der Waals surface area contributed by atoms with Gasteiger partial charge in [-0.25, -0.2) is 4.99 Å². The third-order valence-electron chi connectivity index (χ3n) is 4.30. The number of hydrogen-bond acceptors (Lipinski definition) is 4. The molecule has 0 aromatic heterocycles. The van der Waals surface area contributed by atoms with Crippen molar-refractivity contribution in [1.29, 1.82) is 0 Å². The number of methoxy groups -OCH3 is 1. The van der Waals surface area contributed by atoms with Gasteiger partial charge in [-0.3, -0.25) is 0 Å². The van der Waals surface area contributed by atoms with Crippen LogP contribution in [0.4, 0.5) is 8.78 Å². The molecule has 0 aliphatic heterocycles. The van der Waals surface area contributed by atoms with E-state index in [1.54, 1.807) is 12.1 Å². The maximum absolute atomic E-state index is 12.7. The van der Waals surface area contributed by atoms with Crippen molar-refractivity contribution in [2.24, 2.45) is 4.99 Å². The van der Waals surface area contributed by atoms with Crippen LogP contribution in [0.3, 0.4) is 0 Å². The summed E-state index contributed by atoms with van der Waals surface area (Å²) in [6.07, 6.45) is 5.55. The van der Waals surface area contributed by atoms with E-state index >= 15 is 0 Å². The Hall–Kier alpha value is -0.970. The molecule has 0 radical (unpaired) electrons. The van der Waals surface area contributed by atoms with Crippen molar-refractivity contribution in [2.75, 3.05) is 19.9 Å². The number of guanidine groups is 1. The van der Waals surface area contributed by atoms with Gasteiger partial charge in [0, 0.05) is 29.5 Å². The normalized spacial score (nSPS) is 19.6. The molecule has 0 spiro atoms. The fraction of sp³-hybridized carbons (Fsp3) is 0.611. The van der Waals surface area contributed by atoms with Gasteiger partial charge in [0.2, 0.25) is 0 Å². The van der Waals surface area contributed by atoms with Crippen molar-refractivity contribution >= 4 is 41.7 Å². The third-order valence-corrected chi connectivity index (χ3v) is 5.40. The Morgan fingerprint density at radius 2 is 2.15 bits per heavy atom. The number of aliphatic imine (C=N–C) groups is 1. The highest BCUT2D eigenvalue weighted by molar-refractivity contribution is 14.0. The van der Waals surface area contributed by atoms with E-state index in [4.69, 9.17) is 4.74 Å². The van der Waals surface area contributed by atoms with Gasteiger partial charge in [0.25, 0.3) is 0 Å². The Bertz CT molecular complexity index is 608. The van der Waals surface area contributed by atoms with Crippen LogP contribution >= 0.6 is 35.7 Å². The minimum Gasteiger partial charge on any atom is -0.497 e. The average Bonchev–Trinajstić information content (AvgIpc) is 3.07. The summed E-state index contributed by atoms with van der Waals surface area (Å²) >= 11 is 1.90. The van der Waals surface area contributed by atoms with E-state index in [1.165, 1.54) is 19.6 Å². The first-order valence-corrected chi connectivity index (χ1v) is 10.0. The highest BCUT2D eigenvalue weighted by Crippen LogP contribution is 2.29. The number of nitrogens with one attached hydrogen (secondary N) is 2. The lowest BCUT2D eigenvalue weighted by molar-refractivity contribution is -0.0505. The molecule has 154 valence electrons. The number of rotatable bonds is 8. The molecule has 2 unspecified atom stereocenters. The van der Waals surface area contributed by atoms with Gasteiger partial charge in [-0.15, -0.1) is 24.0 Å². The second-order valence-electron chi connectivity index (χ2n) is 6.06. The molecule has 5 nitrogen and oxygen atoms in total. The van der Waals surface area contributed by atoms with E-state index in [1.807, 2.05) is 18.7 Å². The minimum atomic E-state index is -2.89. The first-order chi connectivity index (χ1) is 12.5. The first kappa shape index (κ1) is 24.1. The predicted octanol–water partition coefficient (Wildman–Crippen LogP) is 4.25. The second-order valence-corrected chi connectivity index (χ2v) is 7.20. The van der Waals surface area contributed by atoms with Crippen molar-refractivity contribution in [3.8, 4) is 11.5 Å². The van der Waals surface area contributed by atoms with E-state index in [9.17, 15) is 8.78 Å². The first-order valence-electron chi connectivity index (χ1n) is 8.75. The number of alkyl halides is 2. The summed E-state index contributed by atoms with van der Waals surface area (Å²) < 4.78 is 35.0. The molecule has 1 saturated carbocycles. The zero-order valence-electron chi connectivity index (χ0n) is 15.8. The highest BCUT2D eigenvalue weighted by Gasteiger charge is 2.24. The standard InChI is InChI=1S/C18H27F2N3O2S.HI/c1-4-21-18(23-13-6-8-15(9-13)26-3)22-11-12-5-7-14(24-2)10-16(12)25-17(19)20;/h5,7,10,13,15,17H,4,6,8-9,11H2,1-3H3,(H2,21,22,23);1H. The number of halogens is 3. The molecule has 1 aliphatic carbocycles. The van der Waals surface area contributed by atoms with Crippen LogP contribution in [-0.4, -0.2) is 43.8 Å². The van der Waals surface area contributed by atoms with Gasteiger partial charge in [0.1, 0.15) is 11.5 Å². The maximum Gasteiger partial charge on any atom is 0.387 e. The van der Waals surface area contributed by atoms with Crippen LogP contribution < -0.4 is 20.1 Å². The number of ether oxygens (including phenoxy) is 2. The van der Waals surface area contributed by atoms with Crippen molar-refractivity contribution in [3.63, 3.8) is 0 Å². The molecule has 0 bridgehead atoms. The summed E-state index contributed by atoms with van der Waals surface area (Å²) in [4.78, 5) is 4.54. The van der Waals surface area contributed by atoms with Gasteiger partial charge in [-0.05, 0) is 44.6 Å². The number of thioether (sulfide) groups is 1. The van der Waals surface area contributed by atoms with Crippen LogP contribution in [0.5, 0.6) is 11.5 Å². The summed E-state index contributed by atoms with van der Waals surface area (Å²) in [5.41, 5.74) is 0.580. The molecule has 0 amide bonds. The molecule has 2 atom stereocenters. The monoisotopic (exact) mass is 515 g/mol. The van der Waals surface area contributed by atoms with Gasteiger partial charge in [-0.2, -0.15) is 20.5 Å². The molecule has 0 saturated heterocycles. The summed E-state index contributed by atoms with van der Waals surface area (Å²) in [6, 6.07) is 5.25. The Labute approximate surface area is 181 Å². The lowest BCUT2D eigenvalue weighted by atomic mass is 10.2. The van der Waals surface area contributed by atoms with Crippen molar-refractivity contribution in [3.05, 3.63) is 23.8 Å². The van der Waals surface area contributed by atoms with Crippen LogP contribution in [0.1, 0.15) is 31.7 Å². The molecule has 1 aromatic rings. The third kappa shape index (κ3) is 7.89. The number of hydrogen-bond donors (Lipinski definition) is 2. The van der Waals surface area contributed by atoms with Crippen LogP contribution in [0.2, 0.25) is 0 Å². The van der Waals surface area contributed by atoms with Gasteiger partial charge >= 0.3 is 6.61 Å². The topological polar surface area (TPSA) is 54.9 Å². The smallest absolute Gasteiger partial charge is 0.387 e. The van der Waals surface area contributed by atoms with E-state index < -0.39 is 6.61 Å². The lowest BCUT2D eigenvalue weighted by Gasteiger charge is -2.17. The molecule has 27 heavy (non-hydrogen) atoms. The Balaban J connectivity index is 0.00000364. The van der Waals surface area contributed by atoms with Crippen LogP contribution in [0.15, 0.2) is 23.2 Å². The van der Waals surface area contributed by atoms with E-state index in [2.05, 4.69) is 26.6 Å². The molecule has 0 heterocycles. The summed E-state index contributed by atoms with van der Waals surface area (Å²) in [5.74, 6) is 1.24. The molecule has 2 N–H and O–H groups in total. The van der Waals surface area contributed by atoms with Crippen LogP contribution in [0.25, 0.3) is 0 Å². The second kappa shape index (κ2) is 12.5. The van der Waals surface area contributed by atoms with Gasteiger partial charge in [0.05, 0.1) is 13.7 Å². The van der Waals surface area contributed by atoms with Crippen LogP contribution in [0, 0.1) is 0 Å². The molecule has 1 aliphatic rings. The predicted molar refractivity (Wildman–Crippen MR) is 118 cm³/mol. The van der Waals surface area contributed by atoms with E-state index in [-0.39, 0.29) is 36.3 Å². The fourth-order valence-corrected chi connectivity index (χ4v) is 3.76. The summed E-state index contributed by atoms with van der Waals surface area (Å²) in [6.45, 7) is 0.0706. The zero-order chi connectivity index (χ0) is 18.9. The maximum atomic E-state index is 12.7. The summed E-state index contributed by atoms with van der Waals surface area (Å²) in [5, 5.41) is 7.34.